The maximum Gasteiger partial charge on any atom is 0.125 e. The zero-order valence-electron chi connectivity index (χ0n) is 9.96. The molecule has 2 rings (SSSR count). The van der Waals surface area contributed by atoms with Crippen molar-refractivity contribution >= 4 is 5.69 Å². The SMILES string of the molecule is CN(C)c1cc(F)ccc1CC1CCCN1. The lowest BCUT2D eigenvalue weighted by Gasteiger charge is -2.19. The Balaban J connectivity index is 2.18. The standard InChI is InChI=1S/C13H19FN2/c1-16(2)13-9-11(14)6-5-10(13)8-12-4-3-7-15-12/h5-6,9,12,15H,3-4,7-8H2,1-2H3. The molecule has 1 atom stereocenters. The Morgan fingerprint density at radius 1 is 1.44 bits per heavy atom. The number of nitrogens with one attached hydrogen (secondary N) is 1. The molecule has 1 aliphatic heterocycles. The first-order valence-electron chi connectivity index (χ1n) is 5.86. The van der Waals surface area contributed by atoms with Gasteiger partial charge < -0.3 is 10.2 Å². The van der Waals surface area contributed by atoms with Gasteiger partial charge >= 0.3 is 0 Å². The van der Waals surface area contributed by atoms with Gasteiger partial charge in [0.2, 0.25) is 0 Å². The van der Waals surface area contributed by atoms with Crippen LogP contribution in [0.1, 0.15) is 18.4 Å². The number of nitrogens with zero attached hydrogens (tertiary/aromatic N) is 1. The van der Waals surface area contributed by atoms with Crippen molar-refractivity contribution in [3.8, 4) is 0 Å². The van der Waals surface area contributed by atoms with E-state index in [0.717, 1.165) is 18.7 Å². The van der Waals surface area contributed by atoms with Crippen molar-refractivity contribution in [2.24, 2.45) is 0 Å². The van der Waals surface area contributed by atoms with Gasteiger partial charge in [0.1, 0.15) is 5.82 Å². The Morgan fingerprint density at radius 3 is 2.88 bits per heavy atom. The Hall–Kier alpha value is -1.09. The second kappa shape index (κ2) is 4.83. The minimum absolute atomic E-state index is 0.160. The Bertz CT molecular complexity index is 357. The fraction of sp³-hybridized carbons (Fsp3) is 0.538. The van der Waals surface area contributed by atoms with Crippen LogP contribution >= 0.6 is 0 Å². The summed E-state index contributed by atoms with van der Waals surface area (Å²) >= 11 is 0. The quantitative estimate of drug-likeness (QED) is 0.843. The molecule has 1 aliphatic rings. The van der Waals surface area contributed by atoms with Gasteiger partial charge in [0.15, 0.2) is 0 Å². The highest BCUT2D eigenvalue weighted by Gasteiger charge is 2.16. The molecule has 1 saturated heterocycles. The highest BCUT2D eigenvalue weighted by Crippen LogP contribution is 2.23. The molecule has 0 radical (unpaired) electrons. The molecular formula is C13H19FN2. The van der Waals surface area contributed by atoms with E-state index >= 15 is 0 Å². The van der Waals surface area contributed by atoms with E-state index < -0.39 is 0 Å². The maximum absolute atomic E-state index is 13.2. The summed E-state index contributed by atoms with van der Waals surface area (Å²) < 4.78 is 13.2. The van der Waals surface area contributed by atoms with Gasteiger partial charge in [-0.3, -0.25) is 0 Å². The van der Waals surface area contributed by atoms with E-state index in [1.165, 1.54) is 18.4 Å². The number of benzene rings is 1. The molecule has 0 amide bonds. The van der Waals surface area contributed by atoms with Gasteiger partial charge in [-0.2, -0.15) is 0 Å². The molecule has 1 fully saturated rings. The monoisotopic (exact) mass is 222 g/mol. The molecule has 1 aromatic carbocycles. The third kappa shape index (κ3) is 2.53. The van der Waals surface area contributed by atoms with Crippen LogP contribution in [0.3, 0.4) is 0 Å². The lowest BCUT2D eigenvalue weighted by Crippen LogP contribution is -2.24. The fourth-order valence-corrected chi connectivity index (χ4v) is 2.32. The van der Waals surface area contributed by atoms with Crippen LogP contribution < -0.4 is 10.2 Å². The van der Waals surface area contributed by atoms with Crippen molar-refractivity contribution in [3.63, 3.8) is 0 Å². The van der Waals surface area contributed by atoms with E-state index in [0.29, 0.717) is 6.04 Å². The van der Waals surface area contributed by atoms with Gasteiger partial charge in [0.05, 0.1) is 0 Å². The zero-order chi connectivity index (χ0) is 11.5. The zero-order valence-corrected chi connectivity index (χ0v) is 9.96. The van der Waals surface area contributed by atoms with E-state index in [2.05, 4.69) is 5.32 Å². The number of rotatable bonds is 3. The molecule has 1 N–H and O–H groups in total. The van der Waals surface area contributed by atoms with Crippen molar-refractivity contribution < 1.29 is 4.39 Å². The maximum atomic E-state index is 13.2. The molecule has 16 heavy (non-hydrogen) atoms. The smallest absolute Gasteiger partial charge is 0.125 e. The molecule has 1 heterocycles. The predicted molar refractivity (Wildman–Crippen MR) is 65.5 cm³/mol. The van der Waals surface area contributed by atoms with E-state index in [-0.39, 0.29) is 5.82 Å². The third-order valence-corrected chi connectivity index (χ3v) is 3.16. The summed E-state index contributed by atoms with van der Waals surface area (Å²) in [6, 6.07) is 5.64. The molecule has 2 nitrogen and oxygen atoms in total. The topological polar surface area (TPSA) is 15.3 Å². The molecule has 0 aliphatic carbocycles. The van der Waals surface area contributed by atoms with Crippen LogP contribution in [0.4, 0.5) is 10.1 Å². The lowest BCUT2D eigenvalue weighted by atomic mass is 10.0. The number of hydrogen-bond acceptors (Lipinski definition) is 2. The van der Waals surface area contributed by atoms with Gasteiger partial charge in [-0.1, -0.05) is 6.07 Å². The summed E-state index contributed by atoms with van der Waals surface area (Å²) in [5, 5.41) is 3.47. The van der Waals surface area contributed by atoms with Crippen molar-refractivity contribution in [1.82, 2.24) is 5.32 Å². The summed E-state index contributed by atoms with van der Waals surface area (Å²) in [6.45, 7) is 1.11. The third-order valence-electron chi connectivity index (χ3n) is 3.16. The van der Waals surface area contributed by atoms with E-state index in [1.807, 2.05) is 25.1 Å². The molecule has 0 saturated carbocycles. The molecule has 0 bridgehead atoms. The summed E-state index contributed by atoms with van der Waals surface area (Å²) in [5.41, 5.74) is 2.22. The average Bonchev–Trinajstić information content (AvgIpc) is 2.73. The summed E-state index contributed by atoms with van der Waals surface area (Å²) in [5.74, 6) is -0.160. The average molecular weight is 222 g/mol. The Labute approximate surface area is 96.5 Å². The minimum atomic E-state index is -0.160. The molecule has 88 valence electrons. The van der Waals surface area contributed by atoms with Crippen molar-refractivity contribution in [3.05, 3.63) is 29.6 Å². The van der Waals surface area contributed by atoms with Crippen LogP contribution in [0.15, 0.2) is 18.2 Å². The van der Waals surface area contributed by atoms with Crippen LogP contribution in [-0.2, 0) is 6.42 Å². The first-order chi connectivity index (χ1) is 7.66. The largest absolute Gasteiger partial charge is 0.377 e. The lowest BCUT2D eigenvalue weighted by molar-refractivity contribution is 0.598. The van der Waals surface area contributed by atoms with Gasteiger partial charge in [-0.25, -0.2) is 4.39 Å². The van der Waals surface area contributed by atoms with Crippen LogP contribution in [0.5, 0.6) is 0 Å². The molecule has 1 aromatic rings. The Kier molecular flexibility index (Phi) is 3.44. The van der Waals surface area contributed by atoms with Gasteiger partial charge in [-0.05, 0) is 43.5 Å². The predicted octanol–water partition coefficient (Wildman–Crippen LogP) is 2.19. The summed E-state index contributed by atoms with van der Waals surface area (Å²) in [7, 11) is 3.92. The van der Waals surface area contributed by atoms with Crippen molar-refractivity contribution in [1.29, 1.82) is 0 Å². The van der Waals surface area contributed by atoms with E-state index in [4.69, 9.17) is 0 Å². The highest BCUT2D eigenvalue weighted by atomic mass is 19.1. The van der Waals surface area contributed by atoms with Crippen LogP contribution in [0.2, 0.25) is 0 Å². The van der Waals surface area contributed by atoms with E-state index in [9.17, 15) is 4.39 Å². The number of hydrogen-bond donors (Lipinski definition) is 1. The van der Waals surface area contributed by atoms with Gasteiger partial charge in [0.25, 0.3) is 0 Å². The fourth-order valence-electron chi connectivity index (χ4n) is 2.32. The highest BCUT2D eigenvalue weighted by molar-refractivity contribution is 5.53. The minimum Gasteiger partial charge on any atom is -0.377 e. The van der Waals surface area contributed by atoms with Crippen LogP contribution in [0, 0.1) is 5.82 Å². The molecule has 1 unspecified atom stereocenters. The number of anilines is 1. The first-order valence-corrected chi connectivity index (χ1v) is 5.86. The van der Waals surface area contributed by atoms with Crippen molar-refractivity contribution in [2.45, 2.75) is 25.3 Å². The Morgan fingerprint density at radius 2 is 2.25 bits per heavy atom. The summed E-state index contributed by atoms with van der Waals surface area (Å²) in [6.07, 6.45) is 3.47. The van der Waals surface area contributed by atoms with Crippen LogP contribution in [0.25, 0.3) is 0 Å². The van der Waals surface area contributed by atoms with Crippen LogP contribution in [-0.4, -0.2) is 26.7 Å². The second-order valence-corrected chi connectivity index (χ2v) is 4.66. The normalized spacial score (nSPS) is 20.1. The van der Waals surface area contributed by atoms with Gasteiger partial charge in [0, 0.05) is 25.8 Å². The van der Waals surface area contributed by atoms with Crippen molar-refractivity contribution in [2.75, 3.05) is 25.5 Å². The molecule has 0 aromatic heterocycles. The summed E-state index contributed by atoms with van der Waals surface area (Å²) in [4.78, 5) is 1.98. The van der Waals surface area contributed by atoms with E-state index in [1.54, 1.807) is 12.1 Å². The number of halogens is 1. The molecule has 3 heteroatoms. The first kappa shape index (κ1) is 11.4. The second-order valence-electron chi connectivity index (χ2n) is 4.66. The molecular weight excluding hydrogens is 203 g/mol. The van der Waals surface area contributed by atoms with Gasteiger partial charge in [-0.15, -0.1) is 0 Å². The molecule has 0 spiro atoms.